The second kappa shape index (κ2) is 8.75. The number of benzene rings is 1. The molecule has 33 heavy (non-hydrogen) atoms. The van der Waals surface area contributed by atoms with Gasteiger partial charge in [0.05, 0.1) is 36.0 Å². The van der Waals surface area contributed by atoms with Crippen molar-refractivity contribution in [1.29, 1.82) is 0 Å². The Morgan fingerprint density at radius 2 is 1.97 bits per heavy atom. The van der Waals surface area contributed by atoms with Crippen LogP contribution >= 0.6 is 10.6 Å². The van der Waals surface area contributed by atoms with E-state index in [-0.39, 0.29) is 17.8 Å². The van der Waals surface area contributed by atoms with E-state index >= 15 is 0 Å². The SMILES string of the molecule is CC1COCCN1c1nc(-c2ccc(NC(=O)NCC3CC3)cc2)nc2c1C(C)S(O)(O)C2. The maximum atomic E-state index is 12.1. The second-order valence-electron chi connectivity index (χ2n) is 9.21. The first-order valence-electron chi connectivity index (χ1n) is 11.5. The second-order valence-corrected chi connectivity index (χ2v) is 11.6. The van der Waals surface area contributed by atoms with Crippen LogP contribution < -0.4 is 15.5 Å². The van der Waals surface area contributed by atoms with E-state index in [1.165, 1.54) is 12.8 Å². The highest BCUT2D eigenvalue weighted by molar-refractivity contribution is 8.24. The molecule has 178 valence electrons. The Morgan fingerprint density at radius 3 is 2.67 bits per heavy atom. The van der Waals surface area contributed by atoms with E-state index in [0.717, 1.165) is 16.9 Å². The highest BCUT2D eigenvalue weighted by atomic mass is 32.3. The molecule has 0 spiro atoms. The van der Waals surface area contributed by atoms with Gasteiger partial charge < -0.3 is 20.3 Å². The standard InChI is InChI=1S/C23H31N5O4S/c1-14-12-32-10-9-28(14)22-20-15(2)33(30,31)13-19(20)26-21(27-22)17-5-7-18(8-6-17)25-23(29)24-11-16-3-4-16/h5-8,14-16,30-31H,3-4,9-13H2,1-2H3,(H2,24,25,29). The maximum Gasteiger partial charge on any atom is 0.319 e. The minimum absolute atomic E-state index is 0.126. The highest BCUT2D eigenvalue weighted by Crippen LogP contribution is 2.63. The Labute approximate surface area is 195 Å². The summed E-state index contributed by atoms with van der Waals surface area (Å²) < 4.78 is 26.8. The lowest BCUT2D eigenvalue weighted by molar-refractivity contribution is 0.0984. The van der Waals surface area contributed by atoms with Crippen LogP contribution in [0.5, 0.6) is 0 Å². The predicted octanol–water partition coefficient (Wildman–Crippen LogP) is 4.23. The van der Waals surface area contributed by atoms with Gasteiger partial charge in [-0.05, 0) is 56.9 Å². The first kappa shape index (κ1) is 22.4. The summed E-state index contributed by atoms with van der Waals surface area (Å²) in [5.74, 6) is 2.07. The summed E-state index contributed by atoms with van der Waals surface area (Å²) in [6, 6.07) is 7.33. The lowest BCUT2D eigenvalue weighted by Gasteiger charge is -2.37. The molecule has 5 rings (SSSR count). The van der Waals surface area contributed by atoms with Gasteiger partial charge in [0.25, 0.3) is 0 Å². The number of rotatable bonds is 5. The molecule has 2 amide bonds. The van der Waals surface area contributed by atoms with E-state index in [0.29, 0.717) is 49.4 Å². The van der Waals surface area contributed by atoms with Crippen molar-refractivity contribution in [3.63, 3.8) is 0 Å². The van der Waals surface area contributed by atoms with Crippen molar-refractivity contribution >= 4 is 28.1 Å². The largest absolute Gasteiger partial charge is 0.377 e. The average Bonchev–Trinajstić information content (AvgIpc) is 3.58. The van der Waals surface area contributed by atoms with Crippen LogP contribution in [-0.4, -0.2) is 57.4 Å². The molecule has 2 aliphatic heterocycles. The van der Waals surface area contributed by atoms with Crippen molar-refractivity contribution in [2.24, 2.45) is 5.92 Å². The van der Waals surface area contributed by atoms with Gasteiger partial charge in [0.1, 0.15) is 5.82 Å². The molecule has 4 N–H and O–H groups in total. The maximum absolute atomic E-state index is 12.1. The van der Waals surface area contributed by atoms with Gasteiger partial charge in [-0.25, -0.2) is 14.8 Å². The molecule has 1 aromatic heterocycles. The monoisotopic (exact) mass is 473 g/mol. The van der Waals surface area contributed by atoms with Crippen LogP contribution in [0.25, 0.3) is 11.4 Å². The minimum Gasteiger partial charge on any atom is -0.377 e. The fraction of sp³-hybridized carbons (Fsp3) is 0.522. The Morgan fingerprint density at radius 1 is 1.21 bits per heavy atom. The zero-order chi connectivity index (χ0) is 23.2. The van der Waals surface area contributed by atoms with Gasteiger partial charge in [0.15, 0.2) is 5.82 Å². The summed E-state index contributed by atoms with van der Waals surface area (Å²) in [4.78, 5) is 23.9. The molecule has 1 saturated heterocycles. The molecule has 2 fully saturated rings. The van der Waals surface area contributed by atoms with Crippen LogP contribution in [-0.2, 0) is 10.5 Å². The molecule has 9 nitrogen and oxygen atoms in total. The van der Waals surface area contributed by atoms with Crippen molar-refractivity contribution in [3.8, 4) is 11.4 Å². The number of nitrogens with zero attached hydrogens (tertiary/aromatic N) is 3. The third-order valence-electron chi connectivity index (χ3n) is 6.62. The van der Waals surface area contributed by atoms with Gasteiger partial charge in [-0.15, -0.1) is 0 Å². The van der Waals surface area contributed by atoms with Crippen molar-refractivity contribution in [3.05, 3.63) is 35.5 Å². The summed E-state index contributed by atoms with van der Waals surface area (Å²) in [5.41, 5.74) is 3.03. The topological polar surface area (TPSA) is 120 Å². The number of carbonyl (C=O) groups excluding carboxylic acids is 1. The molecular formula is C23H31N5O4S. The van der Waals surface area contributed by atoms with E-state index in [1.807, 2.05) is 31.2 Å². The van der Waals surface area contributed by atoms with E-state index in [2.05, 4.69) is 22.5 Å². The lowest BCUT2D eigenvalue weighted by Crippen LogP contribution is -2.44. The number of hydrogen-bond acceptors (Lipinski definition) is 7. The van der Waals surface area contributed by atoms with Crippen LogP contribution in [0.1, 0.15) is 43.2 Å². The van der Waals surface area contributed by atoms with Gasteiger partial charge in [-0.1, -0.05) is 0 Å². The van der Waals surface area contributed by atoms with Gasteiger partial charge in [-0.2, -0.15) is 10.6 Å². The molecule has 2 unspecified atom stereocenters. The minimum atomic E-state index is -2.80. The van der Waals surface area contributed by atoms with Crippen LogP contribution in [0, 0.1) is 5.92 Å². The third-order valence-corrected chi connectivity index (χ3v) is 8.68. The molecule has 2 aromatic rings. The van der Waals surface area contributed by atoms with Crippen molar-refractivity contribution < 1.29 is 18.6 Å². The number of ether oxygens (including phenoxy) is 1. The predicted molar refractivity (Wildman–Crippen MR) is 130 cm³/mol. The Balaban J connectivity index is 1.42. The number of nitrogens with one attached hydrogen (secondary N) is 2. The van der Waals surface area contributed by atoms with Crippen LogP contribution in [0.15, 0.2) is 24.3 Å². The fourth-order valence-electron chi connectivity index (χ4n) is 4.37. The van der Waals surface area contributed by atoms with E-state index in [4.69, 9.17) is 14.7 Å². The Kier molecular flexibility index (Phi) is 5.94. The number of amides is 2. The summed E-state index contributed by atoms with van der Waals surface area (Å²) in [6.07, 6.45) is 2.38. The molecule has 3 heterocycles. The van der Waals surface area contributed by atoms with Crippen LogP contribution in [0.2, 0.25) is 0 Å². The van der Waals surface area contributed by atoms with E-state index in [1.54, 1.807) is 0 Å². The number of carbonyl (C=O) groups is 1. The van der Waals surface area contributed by atoms with Crippen molar-refractivity contribution in [2.45, 2.75) is 43.7 Å². The smallest absolute Gasteiger partial charge is 0.319 e. The molecule has 10 heteroatoms. The molecule has 3 aliphatic rings. The number of aromatic nitrogens is 2. The third kappa shape index (κ3) is 4.65. The van der Waals surface area contributed by atoms with Crippen molar-refractivity contribution in [2.75, 3.05) is 36.5 Å². The Hall–Kier alpha value is -2.40. The number of hydrogen-bond donors (Lipinski definition) is 4. The number of urea groups is 1. The molecular weight excluding hydrogens is 442 g/mol. The molecule has 1 aromatic carbocycles. The number of morpholine rings is 1. The van der Waals surface area contributed by atoms with Gasteiger partial charge in [0, 0.05) is 29.9 Å². The normalized spacial score (nSPS) is 24.8. The van der Waals surface area contributed by atoms with E-state index < -0.39 is 15.8 Å². The average molecular weight is 474 g/mol. The van der Waals surface area contributed by atoms with E-state index in [9.17, 15) is 13.9 Å². The summed E-state index contributed by atoms with van der Waals surface area (Å²) in [7, 11) is -2.80. The van der Waals surface area contributed by atoms with Crippen molar-refractivity contribution in [1.82, 2.24) is 15.3 Å². The summed E-state index contributed by atoms with van der Waals surface area (Å²) in [5, 5.41) is 5.34. The van der Waals surface area contributed by atoms with Gasteiger partial charge in [-0.3, -0.25) is 9.11 Å². The highest BCUT2D eigenvalue weighted by Gasteiger charge is 2.40. The first-order valence-corrected chi connectivity index (χ1v) is 13.2. The zero-order valence-electron chi connectivity index (χ0n) is 19.0. The zero-order valence-corrected chi connectivity index (χ0v) is 19.8. The molecule has 0 bridgehead atoms. The van der Waals surface area contributed by atoms with Crippen LogP contribution in [0.3, 0.4) is 0 Å². The lowest BCUT2D eigenvalue weighted by atomic mass is 10.1. The molecule has 0 radical (unpaired) electrons. The number of fused-ring (bicyclic) bond motifs is 1. The summed E-state index contributed by atoms with van der Waals surface area (Å²) >= 11 is 0. The van der Waals surface area contributed by atoms with Crippen LogP contribution in [0.4, 0.5) is 16.3 Å². The van der Waals surface area contributed by atoms with Gasteiger partial charge >= 0.3 is 6.03 Å². The Bertz CT molecular complexity index is 1040. The van der Waals surface area contributed by atoms with Gasteiger partial charge in [0.2, 0.25) is 0 Å². The molecule has 1 saturated carbocycles. The molecule has 1 aliphatic carbocycles. The quantitative estimate of drug-likeness (QED) is 0.513. The number of anilines is 2. The summed E-state index contributed by atoms with van der Waals surface area (Å²) in [6.45, 7) is 6.53. The fourth-order valence-corrected chi connectivity index (χ4v) is 5.86. The first-order chi connectivity index (χ1) is 15.8. The molecule has 2 atom stereocenters.